The summed E-state index contributed by atoms with van der Waals surface area (Å²) in [6.45, 7) is 3.51. The lowest BCUT2D eigenvalue weighted by atomic mass is 9.94. The first-order chi connectivity index (χ1) is 6.84. The van der Waals surface area contributed by atoms with Crippen molar-refractivity contribution in [2.45, 2.75) is 25.8 Å². The van der Waals surface area contributed by atoms with Crippen LogP contribution in [0.5, 0.6) is 0 Å². The lowest BCUT2D eigenvalue weighted by Crippen LogP contribution is -2.35. The maximum absolute atomic E-state index is 3.53. The molecule has 0 aromatic carbocycles. The smallest absolute Gasteiger partial charge is 0.0255 e. The van der Waals surface area contributed by atoms with Crippen LogP contribution in [0.3, 0.4) is 0 Å². The van der Waals surface area contributed by atoms with Gasteiger partial charge in [-0.1, -0.05) is 19.1 Å². The molecule has 0 aliphatic carbocycles. The second kappa shape index (κ2) is 4.76. The van der Waals surface area contributed by atoms with Crippen molar-refractivity contribution in [2.75, 3.05) is 6.54 Å². The third kappa shape index (κ3) is 2.69. The first kappa shape index (κ1) is 9.94. The van der Waals surface area contributed by atoms with E-state index in [2.05, 4.69) is 41.2 Å². The molecule has 1 aromatic rings. The zero-order chi connectivity index (χ0) is 9.80. The summed E-state index contributed by atoms with van der Waals surface area (Å²) in [7, 11) is 0. The van der Waals surface area contributed by atoms with E-state index in [0.717, 1.165) is 5.92 Å². The Morgan fingerprint density at radius 2 is 2.50 bits per heavy atom. The van der Waals surface area contributed by atoms with E-state index in [-0.39, 0.29) is 0 Å². The molecular weight excluding hydrogens is 190 g/mol. The molecule has 2 unspecified atom stereocenters. The highest BCUT2D eigenvalue weighted by atomic mass is 32.1. The number of rotatable bonds is 2. The fraction of sp³-hybridized carbons (Fsp3) is 0.500. The van der Waals surface area contributed by atoms with Crippen LogP contribution in [0.4, 0.5) is 0 Å². The molecule has 0 amide bonds. The van der Waals surface area contributed by atoms with Crippen molar-refractivity contribution in [3.63, 3.8) is 0 Å². The van der Waals surface area contributed by atoms with Gasteiger partial charge in [-0.05, 0) is 47.7 Å². The monoisotopic (exact) mass is 207 g/mol. The first-order valence-corrected chi connectivity index (χ1v) is 6.22. The van der Waals surface area contributed by atoms with Crippen molar-refractivity contribution in [2.24, 2.45) is 5.92 Å². The van der Waals surface area contributed by atoms with E-state index in [0.29, 0.717) is 6.04 Å². The molecule has 1 fully saturated rings. The average molecular weight is 207 g/mol. The van der Waals surface area contributed by atoms with Gasteiger partial charge in [0.15, 0.2) is 0 Å². The van der Waals surface area contributed by atoms with Crippen molar-refractivity contribution < 1.29 is 0 Å². The minimum atomic E-state index is 0.582. The van der Waals surface area contributed by atoms with Gasteiger partial charge in [0.25, 0.3) is 0 Å². The Bertz CT molecular complexity index is 289. The molecule has 14 heavy (non-hydrogen) atoms. The third-order valence-corrected chi connectivity index (χ3v) is 3.47. The number of hydrogen-bond acceptors (Lipinski definition) is 2. The van der Waals surface area contributed by atoms with E-state index in [1.54, 1.807) is 11.3 Å². The van der Waals surface area contributed by atoms with Crippen LogP contribution < -0.4 is 5.32 Å². The second-order valence-corrected chi connectivity index (χ2v) is 4.89. The minimum Gasteiger partial charge on any atom is -0.310 e. The molecule has 76 valence electrons. The maximum Gasteiger partial charge on any atom is 0.0255 e. The van der Waals surface area contributed by atoms with Gasteiger partial charge in [0.2, 0.25) is 0 Å². The Labute approximate surface area is 89.8 Å². The minimum absolute atomic E-state index is 0.582. The maximum atomic E-state index is 3.53. The fourth-order valence-electron chi connectivity index (χ4n) is 1.89. The van der Waals surface area contributed by atoms with Crippen LogP contribution in [-0.4, -0.2) is 12.6 Å². The summed E-state index contributed by atoms with van der Waals surface area (Å²) >= 11 is 1.76. The second-order valence-electron chi connectivity index (χ2n) is 4.11. The summed E-state index contributed by atoms with van der Waals surface area (Å²) in [6.07, 6.45) is 7.13. The van der Waals surface area contributed by atoms with Crippen LogP contribution in [0, 0.1) is 5.92 Å². The van der Waals surface area contributed by atoms with Crippen molar-refractivity contribution in [1.29, 1.82) is 0 Å². The van der Waals surface area contributed by atoms with Crippen LogP contribution in [0.15, 0.2) is 22.9 Å². The first-order valence-electron chi connectivity index (χ1n) is 5.28. The van der Waals surface area contributed by atoms with Gasteiger partial charge >= 0.3 is 0 Å². The molecule has 0 radical (unpaired) electrons. The summed E-state index contributed by atoms with van der Waals surface area (Å²) in [4.78, 5) is 0. The molecule has 1 aromatic heterocycles. The van der Waals surface area contributed by atoms with Crippen LogP contribution in [0.2, 0.25) is 0 Å². The van der Waals surface area contributed by atoms with Crippen molar-refractivity contribution in [3.05, 3.63) is 28.5 Å². The molecule has 1 aliphatic heterocycles. The van der Waals surface area contributed by atoms with Crippen LogP contribution in [0.25, 0.3) is 6.08 Å². The van der Waals surface area contributed by atoms with Gasteiger partial charge in [-0.2, -0.15) is 11.3 Å². The van der Waals surface area contributed by atoms with Gasteiger partial charge in [0.05, 0.1) is 0 Å². The summed E-state index contributed by atoms with van der Waals surface area (Å²) < 4.78 is 0. The van der Waals surface area contributed by atoms with E-state index in [1.807, 2.05) is 0 Å². The molecule has 2 heterocycles. The number of nitrogens with one attached hydrogen (secondary N) is 1. The lowest BCUT2D eigenvalue weighted by Gasteiger charge is -2.25. The molecule has 1 N–H and O–H groups in total. The van der Waals surface area contributed by atoms with Crippen LogP contribution >= 0.6 is 11.3 Å². The van der Waals surface area contributed by atoms with E-state index < -0.39 is 0 Å². The zero-order valence-corrected chi connectivity index (χ0v) is 9.39. The van der Waals surface area contributed by atoms with E-state index in [4.69, 9.17) is 0 Å². The van der Waals surface area contributed by atoms with Gasteiger partial charge in [-0.3, -0.25) is 0 Å². The molecule has 0 spiro atoms. The number of thiophene rings is 1. The normalized spacial score (nSPS) is 28.4. The summed E-state index contributed by atoms with van der Waals surface area (Å²) in [6, 6.07) is 2.74. The van der Waals surface area contributed by atoms with Crippen molar-refractivity contribution in [3.8, 4) is 0 Å². The highest BCUT2D eigenvalue weighted by molar-refractivity contribution is 7.08. The highest BCUT2D eigenvalue weighted by Gasteiger charge is 2.15. The fourth-order valence-corrected chi connectivity index (χ4v) is 2.52. The third-order valence-electron chi connectivity index (χ3n) is 2.76. The quantitative estimate of drug-likeness (QED) is 0.785. The van der Waals surface area contributed by atoms with Gasteiger partial charge in [0.1, 0.15) is 0 Å². The zero-order valence-electron chi connectivity index (χ0n) is 8.57. The molecular formula is C12H17NS. The van der Waals surface area contributed by atoms with E-state index in [1.165, 1.54) is 24.9 Å². The highest BCUT2D eigenvalue weighted by Crippen LogP contribution is 2.17. The molecule has 0 bridgehead atoms. The SMILES string of the molecule is CC1CCNC(/C=C/c2ccsc2)C1. The molecule has 1 nitrogen and oxygen atoms in total. The van der Waals surface area contributed by atoms with E-state index >= 15 is 0 Å². The summed E-state index contributed by atoms with van der Waals surface area (Å²) in [5.41, 5.74) is 1.33. The standard InChI is InChI=1S/C12H17NS/c1-10-4-6-13-12(8-10)3-2-11-5-7-14-9-11/h2-3,5,7,9-10,12-13H,4,6,8H2,1H3/b3-2+. The number of hydrogen-bond donors (Lipinski definition) is 1. The van der Waals surface area contributed by atoms with E-state index in [9.17, 15) is 0 Å². The topological polar surface area (TPSA) is 12.0 Å². The lowest BCUT2D eigenvalue weighted by molar-refractivity contribution is 0.357. The molecule has 1 saturated heterocycles. The average Bonchev–Trinajstić information content (AvgIpc) is 2.67. The predicted octanol–water partition coefficient (Wildman–Crippen LogP) is 3.15. The Hall–Kier alpha value is -0.600. The molecule has 1 aliphatic rings. The van der Waals surface area contributed by atoms with Gasteiger partial charge in [0, 0.05) is 6.04 Å². The van der Waals surface area contributed by atoms with Crippen LogP contribution in [-0.2, 0) is 0 Å². The summed E-state index contributed by atoms with van der Waals surface area (Å²) in [5.74, 6) is 0.869. The van der Waals surface area contributed by atoms with Crippen molar-refractivity contribution in [1.82, 2.24) is 5.32 Å². The largest absolute Gasteiger partial charge is 0.310 e. The Balaban J connectivity index is 1.90. The Morgan fingerprint density at radius 3 is 3.21 bits per heavy atom. The predicted molar refractivity (Wildman–Crippen MR) is 63.5 cm³/mol. The van der Waals surface area contributed by atoms with Crippen molar-refractivity contribution >= 4 is 17.4 Å². The molecule has 0 saturated carbocycles. The summed E-state index contributed by atoms with van der Waals surface area (Å²) in [5, 5.41) is 7.83. The molecule has 2 atom stereocenters. The van der Waals surface area contributed by atoms with Gasteiger partial charge in [-0.15, -0.1) is 0 Å². The molecule has 2 heteroatoms. The molecule has 2 rings (SSSR count). The van der Waals surface area contributed by atoms with Crippen LogP contribution in [0.1, 0.15) is 25.3 Å². The Morgan fingerprint density at radius 1 is 1.57 bits per heavy atom. The number of piperidine rings is 1. The Kier molecular flexibility index (Phi) is 3.38. The van der Waals surface area contributed by atoms with Gasteiger partial charge < -0.3 is 5.32 Å². The van der Waals surface area contributed by atoms with Gasteiger partial charge in [-0.25, -0.2) is 0 Å².